The maximum absolute atomic E-state index is 12.5. The van der Waals surface area contributed by atoms with E-state index in [0.29, 0.717) is 0 Å². The molecule has 2 aromatic heterocycles. The topological polar surface area (TPSA) is 43.2 Å². The van der Waals surface area contributed by atoms with E-state index in [1.165, 1.54) is 16.0 Å². The summed E-state index contributed by atoms with van der Waals surface area (Å²) in [6.45, 7) is 10.6. The minimum Gasteiger partial charge on any atom is -0.322 e. The summed E-state index contributed by atoms with van der Waals surface area (Å²) < 4.78 is 1.68. The van der Waals surface area contributed by atoms with Crippen LogP contribution in [0, 0.1) is 13.8 Å². The van der Waals surface area contributed by atoms with E-state index in [1.54, 1.807) is 15.4 Å². The standard InChI is InChI=1S/C22H26N4O/c1-17-6-3-4-8-19(17)15-24-10-12-25(13-11-24)16-20-14-22(27)26-18(2)7-5-9-21(26)23-20/h3-9,14H,10-13,15-16H2,1-2H3/p+2. The summed E-state index contributed by atoms with van der Waals surface area (Å²) in [5.41, 5.74) is 5.45. The summed E-state index contributed by atoms with van der Waals surface area (Å²) in [4.78, 5) is 20.4. The quantitative estimate of drug-likeness (QED) is 0.673. The van der Waals surface area contributed by atoms with Crippen LogP contribution in [0.5, 0.6) is 0 Å². The second-order valence-corrected chi connectivity index (χ2v) is 7.73. The van der Waals surface area contributed by atoms with Crippen molar-refractivity contribution in [2.24, 2.45) is 0 Å². The number of hydrogen-bond acceptors (Lipinski definition) is 2. The molecular weight excluding hydrogens is 336 g/mol. The minimum absolute atomic E-state index is 0.0244. The first-order valence-corrected chi connectivity index (χ1v) is 9.80. The van der Waals surface area contributed by atoms with Crippen LogP contribution in [0.4, 0.5) is 0 Å². The molecule has 4 rings (SSSR count). The third-order valence-corrected chi connectivity index (χ3v) is 5.73. The Bertz CT molecular complexity index is 1000. The van der Waals surface area contributed by atoms with Gasteiger partial charge in [-0.3, -0.25) is 9.20 Å². The van der Waals surface area contributed by atoms with Crippen molar-refractivity contribution >= 4 is 5.65 Å². The summed E-state index contributed by atoms with van der Waals surface area (Å²) in [6.07, 6.45) is 0. The van der Waals surface area contributed by atoms with Gasteiger partial charge in [-0.2, -0.15) is 0 Å². The van der Waals surface area contributed by atoms with Crippen LogP contribution >= 0.6 is 0 Å². The molecule has 140 valence electrons. The maximum atomic E-state index is 12.5. The number of piperazine rings is 1. The van der Waals surface area contributed by atoms with Crippen molar-refractivity contribution in [3.8, 4) is 0 Å². The highest BCUT2D eigenvalue weighted by Gasteiger charge is 2.24. The van der Waals surface area contributed by atoms with Crippen molar-refractivity contribution in [1.82, 2.24) is 9.38 Å². The van der Waals surface area contributed by atoms with Gasteiger partial charge in [-0.1, -0.05) is 30.3 Å². The second kappa shape index (κ2) is 7.62. The van der Waals surface area contributed by atoms with Gasteiger partial charge in [-0.05, 0) is 31.5 Å². The first-order valence-electron chi connectivity index (χ1n) is 9.80. The Balaban J connectivity index is 1.40. The Hall–Kier alpha value is -2.50. The molecular formula is C22H28N4O+2. The van der Waals surface area contributed by atoms with Crippen molar-refractivity contribution in [3.63, 3.8) is 0 Å². The Labute approximate surface area is 159 Å². The molecule has 27 heavy (non-hydrogen) atoms. The fraction of sp³-hybridized carbons (Fsp3) is 0.364. The van der Waals surface area contributed by atoms with Crippen LogP contribution in [0.1, 0.15) is 22.5 Å². The van der Waals surface area contributed by atoms with Crippen molar-refractivity contribution in [1.29, 1.82) is 0 Å². The molecule has 1 saturated heterocycles. The molecule has 1 fully saturated rings. The lowest BCUT2D eigenvalue weighted by molar-refractivity contribution is -1.02. The zero-order chi connectivity index (χ0) is 18.8. The Morgan fingerprint density at radius 3 is 2.37 bits per heavy atom. The van der Waals surface area contributed by atoms with E-state index in [2.05, 4.69) is 31.2 Å². The highest BCUT2D eigenvalue weighted by Crippen LogP contribution is 2.05. The monoisotopic (exact) mass is 364 g/mol. The van der Waals surface area contributed by atoms with Crippen molar-refractivity contribution < 1.29 is 9.80 Å². The summed E-state index contributed by atoms with van der Waals surface area (Å²) in [7, 11) is 0. The van der Waals surface area contributed by atoms with Crippen LogP contribution < -0.4 is 15.4 Å². The molecule has 1 aromatic carbocycles. The number of hydrogen-bond donors (Lipinski definition) is 2. The van der Waals surface area contributed by atoms with E-state index >= 15 is 0 Å². The van der Waals surface area contributed by atoms with E-state index in [-0.39, 0.29) is 5.56 Å². The summed E-state index contributed by atoms with van der Waals surface area (Å²) >= 11 is 0. The number of rotatable bonds is 4. The van der Waals surface area contributed by atoms with Gasteiger partial charge in [-0.15, -0.1) is 0 Å². The number of benzene rings is 1. The predicted molar refractivity (Wildman–Crippen MR) is 106 cm³/mol. The molecule has 1 aliphatic heterocycles. The molecule has 0 saturated carbocycles. The molecule has 3 aromatic rings. The summed E-state index contributed by atoms with van der Waals surface area (Å²) in [6, 6.07) is 16.2. The van der Waals surface area contributed by atoms with Crippen LogP contribution in [-0.2, 0) is 13.1 Å². The van der Waals surface area contributed by atoms with Gasteiger partial charge in [0.25, 0.3) is 5.56 Å². The molecule has 5 nitrogen and oxygen atoms in total. The first kappa shape index (κ1) is 17.9. The fourth-order valence-electron chi connectivity index (χ4n) is 4.10. The van der Waals surface area contributed by atoms with Gasteiger partial charge in [0.1, 0.15) is 50.6 Å². The smallest absolute Gasteiger partial charge is 0.258 e. The zero-order valence-corrected chi connectivity index (χ0v) is 16.2. The number of nitrogens with one attached hydrogen (secondary N) is 2. The third-order valence-electron chi connectivity index (χ3n) is 5.73. The van der Waals surface area contributed by atoms with Gasteiger partial charge >= 0.3 is 0 Å². The van der Waals surface area contributed by atoms with Crippen molar-refractivity contribution in [2.75, 3.05) is 26.2 Å². The van der Waals surface area contributed by atoms with Crippen LogP contribution in [0.15, 0.2) is 53.3 Å². The van der Waals surface area contributed by atoms with Gasteiger partial charge < -0.3 is 9.80 Å². The first-order chi connectivity index (χ1) is 13.1. The number of pyridine rings is 1. The number of aryl methyl sites for hydroxylation is 2. The lowest BCUT2D eigenvalue weighted by Gasteiger charge is -2.29. The molecule has 5 heteroatoms. The number of aromatic nitrogens is 2. The lowest BCUT2D eigenvalue weighted by atomic mass is 10.1. The molecule has 1 aliphatic rings. The van der Waals surface area contributed by atoms with Gasteiger partial charge in [-0.25, -0.2) is 4.98 Å². The molecule has 0 radical (unpaired) electrons. The molecule has 3 heterocycles. The zero-order valence-electron chi connectivity index (χ0n) is 16.2. The fourth-order valence-corrected chi connectivity index (χ4v) is 4.10. The van der Waals surface area contributed by atoms with E-state index in [0.717, 1.165) is 56.3 Å². The summed E-state index contributed by atoms with van der Waals surface area (Å²) in [5.74, 6) is 0. The highest BCUT2D eigenvalue weighted by atomic mass is 16.1. The van der Waals surface area contributed by atoms with E-state index in [1.807, 2.05) is 25.1 Å². The lowest BCUT2D eigenvalue weighted by Crippen LogP contribution is -3.27. The van der Waals surface area contributed by atoms with Crippen LogP contribution in [0.3, 0.4) is 0 Å². The van der Waals surface area contributed by atoms with Crippen molar-refractivity contribution in [3.05, 3.63) is 81.4 Å². The molecule has 0 amide bonds. The van der Waals surface area contributed by atoms with E-state index < -0.39 is 0 Å². The molecule has 0 unspecified atom stereocenters. The number of fused-ring (bicyclic) bond motifs is 1. The van der Waals surface area contributed by atoms with Gasteiger partial charge in [0.2, 0.25) is 0 Å². The molecule has 2 N–H and O–H groups in total. The number of nitrogens with zero attached hydrogens (tertiary/aromatic N) is 2. The Morgan fingerprint density at radius 1 is 0.926 bits per heavy atom. The van der Waals surface area contributed by atoms with Crippen LogP contribution in [-0.4, -0.2) is 35.6 Å². The van der Waals surface area contributed by atoms with Crippen LogP contribution in [0.25, 0.3) is 5.65 Å². The van der Waals surface area contributed by atoms with E-state index in [4.69, 9.17) is 4.98 Å². The Morgan fingerprint density at radius 2 is 1.63 bits per heavy atom. The number of quaternary nitrogens is 2. The second-order valence-electron chi connectivity index (χ2n) is 7.73. The minimum atomic E-state index is 0.0244. The predicted octanol–water partition coefficient (Wildman–Crippen LogP) is -0.205. The van der Waals surface area contributed by atoms with Gasteiger partial charge in [0.15, 0.2) is 0 Å². The molecule has 0 bridgehead atoms. The summed E-state index contributed by atoms with van der Waals surface area (Å²) in [5, 5.41) is 0. The molecule has 0 atom stereocenters. The van der Waals surface area contributed by atoms with E-state index in [9.17, 15) is 4.79 Å². The normalized spacial score (nSPS) is 20.1. The average molecular weight is 364 g/mol. The third kappa shape index (κ3) is 3.94. The van der Waals surface area contributed by atoms with Crippen LogP contribution in [0.2, 0.25) is 0 Å². The highest BCUT2D eigenvalue weighted by molar-refractivity contribution is 5.40. The van der Waals surface area contributed by atoms with Crippen molar-refractivity contribution in [2.45, 2.75) is 26.9 Å². The Kier molecular flexibility index (Phi) is 5.05. The van der Waals surface area contributed by atoms with Gasteiger partial charge in [0.05, 0.1) is 0 Å². The largest absolute Gasteiger partial charge is 0.322 e. The molecule has 0 spiro atoms. The average Bonchev–Trinajstić information content (AvgIpc) is 2.65. The SMILES string of the molecule is Cc1ccccc1C[NH+]1CC[NH+](Cc2cc(=O)n3c(C)cccc3n2)CC1. The molecule has 0 aliphatic carbocycles. The maximum Gasteiger partial charge on any atom is 0.258 e. The van der Waals surface area contributed by atoms with Gasteiger partial charge in [0, 0.05) is 17.3 Å².